The highest BCUT2D eigenvalue weighted by molar-refractivity contribution is 6.04. The van der Waals surface area contributed by atoms with Crippen molar-refractivity contribution in [3.05, 3.63) is 76.4 Å². The van der Waals surface area contributed by atoms with Gasteiger partial charge in [-0.25, -0.2) is 0 Å². The van der Waals surface area contributed by atoms with Crippen LogP contribution in [-0.4, -0.2) is 42.0 Å². The third kappa shape index (κ3) is 7.29. The minimum atomic E-state index is -0.0731. The Bertz CT molecular complexity index is 895. The molecule has 4 heteroatoms. The number of aliphatic hydroxyl groups excluding tert-OH is 1. The molecule has 0 aromatic heterocycles. The van der Waals surface area contributed by atoms with Gasteiger partial charge in [0.1, 0.15) is 12.4 Å². The molecule has 0 saturated carbocycles. The fourth-order valence-corrected chi connectivity index (χ4v) is 3.18. The molecule has 30 heavy (non-hydrogen) atoms. The molecule has 0 aliphatic heterocycles. The maximum absolute atomic E-state index is 12.2. The molecule has 2 aromatic rings. The molecule has 2 aromatic carbocycles. The van der Waals surface area contributed by atoms with Crippen LogP contribution >= 0.6 is 0 Å². The Labute approximate surface area is 180 Å². The van der Waals surface area contributed by atoms with Crippen LogP contribution < -0.4 is 4.74 Å². The first-order chi connectivity index (χ1) is 14.5. The number of hydrogen-bond donors (Lipinski definition) is 1. The van der Waals surface area contributed by atoms with Crippen LogP contribution in [0, 0.1) is 13.8 Å². The average molecular weight is 408 g/mol. The summed E-state index contributed by atoms with van der Waals surface area (Å²) in [5.41, 5.74) is 4.87. The van der Waals surface area contributed by atoms with E-state index in [0.717, 1.165) is 53.2 Å². The number of carbonyl (C=O) groups is 1. The lowest BCUT2D eigenvalue weighted by molar-refractivity contribution is -0.110. The Balaban J connectivity index is 1.93. The monoisotopic (exact) mass is 407 g/mol. The predicted octanol–water partition coefficient (Wildman–Crippen LogP) is 4.81. The molecule has 0 heterocycles. The minimum absolute atomic E-state index is 0.0245. The Hall–Kier alpha value is -2.69. The van der Waals surface area contributed by atoms with Gasteiger partial charge in [0.2, 0.25) is 0 Å². The summed E-state index contributed by atoms with van der Waals surface area (Å²) in [5, 5.41) is 9.24. The third-order valence-corrected chi connectivity index (χ3v) is 5.18. The molecule has 0 spiro atoms. The van der Waals surface area contributed by atoms with Gasteiger partial charge in [0, 0.05) is 6.54 Å². The van der Waals surface area contributed by atoms with Gasteiger partial charge in [-0.3, -0.25) is 4.79 Å². The van der Waals surface area contributed by atoms with Crippen LogP contribution in [0.4, 0.5) is 0 Å². The summed E-state index contributed by atoms with van der Waals surface area (Å²) in [6, 6.07) is 11.7. The van der Waals surface area contributed by atoms with Gasteiger partial charge in [0.15, 0.2) is 5.78 Å². The normalized spacial score (nSPS) is 11.7. The molecular formula is C26H33NO3. The topological polar surface area (TPSA) is 49.8 Å². The van der Waals surface area contributed by atoms with Gasteiger partial charge in [-0.2, -0.15) is 0 Å². The van der Waals surface area contributed by atoms with E-state index < -0.39 is 0 Å². The molecule has 0 bridgehead atoms. The van der Waals surface area contributed by atoms with Crippen molar-refractivity contribution in [2.24, 2.45) is 0 Å². The molecule has 160 valence electrons. The second-order valence-corrected chi connectivity index (χ2v) is 7.31. The minimum Gasteiger partial charge on any atom is -0.492 e. The number of rotatable bonds is 11. The molecule has 0 unspecified atom stereocenters. The van der Waals surface area contributed by atoms with Crippen LogP contribution in [-0.2, 0) is 11.4 Å². The molecule has 0 amide bonds. The lowest BCUT2D eigenvalue weighted by Gasteiger charge is -2.18. The lowest BCUT2D eigenvalue weighted by atomic mass is 10.0. The highest BCUT2D eigenvalue weighted by Crippen LogP contribution is 2.20. The third-order valence-electron chi connectivity index (χ3n) is 5.18. The number of nitrogens with zero attached hydrogens (tertiary/aromatic N) is 1. The summed E-state index contributed by atoms with van der Waals surface area (Å²) < 4.78 is 5.91. The first kappa shape index (κ1) is 23.6. The number of carbonyl (C=O) groups excluding carboxylic acids is 1. The number of allylic oxidation sites excluding steroid dienone is 2. The van der Waals surface area contributed by atoms with E-state index in [1.54, 1.807) is 18.2 Å². The number of benzene rings is 2. The van der Waals surface area contributed by atoms with Crippen molar-refractivity contribution >= 4 is 17.9 Å². The molecule has 0 aliphatic rings. The second-order valence-electron chi connectivity index (χ2n) is 7.31. The lowest BCUT2D eigenvalue weighted by Crippen LogP contribution is -2.28. The summed E-state index contributed by atoms with van der Waals surface area (Å²) in [4.78, 5) is 14.5. The number of hydrogen-bond acceptors (Lipinski definition) is 4. The van der Waals surface area contributed by atoms with Crippen molar-refractivity contribution in [3.63, 3.8) is 0 Å². The van der Waals surface area contributed by atoms with Crippen LogP contribution in [0.15, 0.2) is 48.6 Å². The van der Waals surface area contributed by atoms with Crippen molar-refractivity contribution in [1.82, 2.24) is 4.90 Å². The van der Waals surface area contributed by atoms with Crippen molar-refractivity contribution in [1.29, 1.82) is 0 Å². The number of aliphatic hydroxyl groups is 1. The quantitative estimate of drug-likeness (QED) is 0.543. The molecule has 0 saturated heterocycles. The van der Waals surface area contributed by atoms with Crippen molar-refractivity contribution in [3.8, 4) is 5.75 Å². The van der Waals surface area contributed by atoms with E-state index in [4.69, 9.17) is 4.74 Å². The molecule has 2 rings (SSSR count). The standard InChI is InChI=1S/C26H33NO3/c1-5-27(6-2)15-16-30-26-14-10-23(18-21(26)4)9-13-25(29)12-8-22-7-11-24(19-28)20(3)17-22/h7-14,17-18,28H,5-6,15-16,19H2,1-4H3/b12-8+,13-9+. The van der Waals surface area contributed by atoms with Gasteiger partial charge in [0.25, 0.3) is 0 Å². The fraction of sp³-hybridized carbons (Fsp3) is 0.346. The smallest absolute Gasteiger partial charge is 0.178 e. The summed E-state index contributed by atoms with van der Waals surface area (Å²) in [6.07, 6.45) is 6.74. The predicted molar refractivity (Wildman–Crippen MR) is 125 cm³/mol. The largest absolute Gasteiger partial charge is 0.492 e. The zero-order chi connectivity index (χ0) is 21.9. The van der Waals surface area contributed by atoms with E-state index in [2.05, 4.69) is 18.7 Å². The summed E-state index contributed by atoms with van der Waals surface area (Å²) in [7, 11) is 0. The average Bonchev–Trinajstić information content (AvgIpc) is 2.75. The van der Waals surface area contributed by atoms with Crippen LogP contribution in [0.5, 0.6) is 5.75 Å². The van der Waals surface area contributed by atoms with Crippen LogP contribution in [0.1, 0.15) is 41.7 Å². The maximum atomic E-state index is 12.2. The van der Waals surface area contributed by atoms with Crippen molar-refractivity contribution < 1.29 is 14.6 Å². The van der Waals surface area contributed by atoms with Crippen LogP contribution in [0.25, 0.3) is 12.2 Å². The van der Waals surface area contributed by atoms with E-state index in [-0.39, 0.29) is 12.4 Å². The molecule has 0 fully saturated rings. The zero-order valence-corrected chi connectivity index (χ0v) is 18.5. The van der Waals surface area contributed by atoms with Gasteiger partial charge >= 0.3 is 0 Å². The van der Waals surface area contributed by atoms with Gasteiger partial charge in [-0.15, -0.1) is 0 Å². The van der Waals surface area contributed by atoms with Gasteiger partial charge in [-0.1, -0.05) is 50.3 Å². The summed E-state index contributed by atoms with van der Waals surface area (Å²) >= 11 is 0. The number of likely N-dealkylation sites (N-methyl/N-ethyl adjacent to an activating group) is 1. The first-order valence-corrected chi connectivity index (χ1v) is 10.5. The van der Waals surface area contributed by atoms with Crippen molar-refractivity contribution in [2.75, 3.05) is 26.2 Å². The first-order valence-electron chi connectivity index (χ1n) is 10.5. The van der Waals surface area contributed by atoms with Gasteiger partial charge in [0.05, 0.1) is 6.61 Å². The Kier molecular flexibility index (Phi) is 9.52. The van der Waals surface area contributed by atoms with Crippen molar-refractivity contribution in [2.45, 2.75) is 34.3 Å². The molecular weight excluding hydrogens is 374 g/mol. The van der Waals surface area contributed by atoms with Crippen LogP contribution in [0.3, 0.4) is 0 Å². The Morgan fingerprint density at radius 3 is 2.10 bits per heavy atom. The molecule has 4 nitrogen and oxygen atoms in total. The fourth-order valence-electron chi connectivity index (χ4n) is 3.18. The molecule has 0 aliphatic carbocycles. The number of ketones is 1. The van der Waals surface area contributed by atoms with E-state index in [1.165, 1.54) is 0 Å². The summed E-state index contributed by atoms with van der Waals surface area (Å²) in [6.45, 7) is 11.9. The zero-order valence-electron chi connectivity index (χ0n) is 18.5. The molecule has 0 radical (unpaired) electrons. The highest BCUT2D eigenvalue weighted by Gasteiger charge is 2.03. The molecule has 0 atom stereocenters. The Morgan fingerprint density at radius 1 is 0.967 bits per heavy atom. The van der Waals surface area contributed by atoms with Gasteiger partial charge in [-0.05, 0) is 79.0 Å². The van der Waals surface area contributed by atoms with E-state index in [0.29, 0.717) is 6.61 Å². The van der Waals surface area contributed by atoms with E-state index >= 15 is 0 Å². The SMILES string of the molecule is CCN(CC)CCOc1ccc(/C=C/C(=O)/C=C/c2ccc(CO)c(C)c2)cc1C. The van der Waals surface area contributed by atoms with Gasteiger partial charge < -0.3 is 14.7 Å². The maximum Gasteiger partial charge on any atom is 0.178 e. The van der Waals surface area contributed by atoms with E-state index in [9.17, 15) is 9.90 Å². The summed E-state index contributed by atoms with van der Waals surface area (Å²) in [5.74, 6) is 0.809. The highest BCUT2D eigenvalue weighted by atomic mass is 16.5. The van der Waals surface area contributed by atoms with E-state index in [1.807, 2.05) is 56.3 Å². The van der Waals surface area contributed by atoms with Crippen LogP contribution in [0.2, 0.25) is 0 Å². The molecule has 1 N–H and O–H groups in total. The Morgan fingerprint density at radius 2 is 1.57 bits per heavy atom. The number of aryl methyl sites for hydroxylation is 2. The number of ether oxygens (including phenoxy) is 1. The second kappa shape index (κ2) is 12.1.